The molecule has 1 saturated heterocycles. The number of hydrogen-bond acceptors (Lipinski definition) is 4. The van der Waals surface area contributed by atoms with Crippen LogP contribution in [0.2, 0.25) is 0 Å². The highest BCUT2D eigenvalue weighted by Gasteiger charge is 2.43. The number of hydrogen-bond donors (Lipinski definition) is 1. The monoisotopic (exact) mass is 184 g/mol. The summed E-state index contributed by atoms with van der Waals surface area (Å²) in [5.74, 6) is -2.20. The highest BCUT2D eigenvalue weighted by atomic mass is 19.4. The van der Waals surface area contributed by atoms with E-state index in [4.69, 9.17) is 5.73 Å². The second-order valence-electron chi connectivity index (χ2n) is 2.48. The van der Waals surface area contributed by atoms with Gasteiger partial charge in [-0.3, -0.25) is 0 Å². The van der Waals surface area contributed by atoms with E-state index in [1.807, 2.05) is 0 Å². The molecule has 0 saturated carbocycles. The molecular weight excluding hydrogens is 177 g/mol. The highest BCUT2D eigenvalue weighted by Crippen LogP contribution is 2.18. The third kappa shape index (κ3) is 2.08. The van der Waals surface area contributed by atoms with E-state index in [-0.39, 0.29) is 19.1 Å². The third-order valence-corrected chi connectivity index (χ3v) is 1.32. The topological polar surface area (TPSA) is 55.6 Å². The molecule has 0 radical (unpaired) electrons. The zero-order chi connectivity index (χ0) is 9.35. The molecule has 1 heterocycles. The smallest absolute Gasteiger partial charge is 0.361 e. The summed E-state index contributed by atoms with van der Waals surface area (Å²) in [6.45, 7) is 0.309. The van der Waals surface area contributed by atoms with Gasteiger partial charge in [0.2, 0.25) is 0 Å². The van der Waals surface area contributed by atoms with Crippen LogP contribution in [0.4, 0.5) is 13.2 Å². The second-order valence-corrected chi connectivity index (χ2v) is 2.48. The van der Waals surface area contributed by atoms with E-state index in [1.54, 1.807) is 0 Å². The first-order chi connectivity index (χ1) is 5.39. The molecule has 0 aromatic heterocycles. The number of hydroxylamine groups is 2. The Morgan fingerprint density at radius 1 is 1.50 bits per heavy atom. The molecule has 7 heteroatoms. The fourth-order valence-electron chi connectivity index (χ4n) is 0.713. The largest absolute Gasteiger partial charge is 0.492 e. The Morgan fingerprint density at radius 2 is 2.00 bits per heavy atom. The van der Waals surface area contributed by atoms with Crippen molar-refractivity contribution in [3.63, 3.8) is 0 Å². The lowest BCUT2D eigenvalue weighted by Gasteiger charge is -2.34. The zero-order valence-corrected chi connectivity index (χ0v) is 5.97. The van der Waals surface area contributed by atoms with Gasteiger partial charge in [-0.1, -0.05) is 0 Å². The Labute approximate surface area is 66.0 Å². The fraction of sp³-hybridized carbons (Fsp3) is 0.800. The molecular formula is C5H7F3N2O2. The standard InChI is InChI=1S/C5H7F3N2O2/c6-5(7,8)4(11)12-10-1-3(9)2-10/h3H,1-2,9H2. The highest BCUT2D eigenvalue weighted by molar-refractivity contribution is 5.75. The minimum Gasteiger partial charge on any atom is -0.361 e. The van der Waals surface area contributed by atoms with E-state index in [0.29, 0.717) is 0 Å². The van der Waals surface area contributed by atoms with Crippen molar-refractivity contribution < 1.29 is 22.8 Å². The van der Waals surface area contributed by atoms with E-state index in [0.717, 1.165) is 5.06 Å². The maximum Gasteiger partial charge on any atom is 0.492 e. The van der Waals surface area contributed by atoms with Gasteiger partial charge in [-0.15, -0.1) is 5.06 Å². The minimum absolute atomic E-state index is 0.155. The zero-order valence-electron chi connectivity index (χ0n) is 5.97. The maximum atomic E-state index is 11.5. The lowest BCUT2D eigenvalue weighted by molar-refractivity contribution is -0.252. The summed E-state index contributed by atoms with van der Waals surface area (Å²) in [6, 6.07) is -0.203. The van der Waals surface area contributed by atoms with E-state index in [2.05, 4.69) is 4.84 Å². The molecule has 4 nitrogen and oxygen atoms in total. The van der Waals surface area contributed by atoms with Crippen molar-refractivity contribution in [1.82, 2.24) is 5.06 Å². The summed E-state index contributed by atoms with van der Waals surface area (Å²) in [6.07, 6.45) is -4.93. The summed E-state index contributed by atoms with van der Waals surface area (Å²) in [5.41, 5.74) is 5.24. The van der Waals surface area contributed by atoms with Crippen molar-refractivity contribution in [2.75, 3.05) is 13.1 Å². The molecule has 0 aromatic rings. The van der Waals surface area contributed by atoms with Crippen molar-refractivity contribution in [1.29, 1.82) is 0 Å². The van der Waals surface area contributed by atoms with Crippen LogP contribution >= 0.6 is 0 Å². The molecule has 0 spiro atoms. The lowest BCUT2D eigenvalue weighted by atomic mass is 10.2. The molecule has 0 atom stereocenters. The van der Waals surface area contributed by atoms with Crippen LogP contribution in [0.1, 0.15) is 0 Å². The number of carbonyl (C=O) groups is 1. The van der Waals surface area contributed by atoms with Crippen molar-refractivity contribution in [2.24, 2.45) is 5.73 Å². The van der Waals surface area contributed by atoms with Crippen LogP contribution in [0, 0.1) is 0 Å². The summed E-state index contributed by atoms with van der Waals surface area (Å²) < 4.78 is 34.6. The molecule has 12 heavy (non-hydrogen) atoms. The van der Waals surface area contributed by atoms with E-state index < -0.39 is 12.1 Å². The molecule has 0 amide bonds. The third-order valence-electron chi connectivity index (χ3n) is 1.32. The van der Waals surface area contributed by atoms with Gasteiger partial charge >= 0.3 is 12.1 Å². The summed E-state index contributed by atoms with van der Waals surface area (Å²) in [7, 11) is 0. The van der Waals surface area contributed by atoms with Crippen molar-refractivity contribution >= 4 is 5.97 Å². The van der Waals surface area contributed by atoms with Gasteiger partial charge in [0.15, 0.2) is 0 Å². The first-order valence-corrected chi connectivity index (χ1v) is 3.19. The van der Waals surface area contributed by atoms with E-state index in [1.165, 1.54) is 0 Å². The van der Waals surface area contributed by atoms with Crippen LogP contribution in [0.15, 0.2) is 0 Å². The van der Waals surface area contributed by atoms with E-state index in [9.17, 15) is 18.0 Å². The molecule has 0 aliphatic carbocycles. The van der Waals surface area contributed by atoms with Gasteiger partial charge < -0.3 is 10.6 Å². The predicted octanol–water partition coefficient (Wildman–Crippen LogP) is -0.350. The number of nitrogens with zero attached hydrogens (tertiary/aromatic N) is 1. The molecule has 1 aliphatic heterocycles. The maximum absolute atomic E-state index is 11.5. The minimum atomic E-state index is -4.93. The number of nitrogens with two attached hydrogens (primary N) is 1. The van der Waals surface area contributed by atoms with Crippen LogP contribution in [0.5, 0.6) is 0 Å². The van der Waals surface area contributed by atoms with Crippen LogP contribution in [-0.4, -0.2) is 36.3 Å². The normalized spacial score (nSPS) is 20.3. The Morgan fingerprint density at radius 3 is 2.33 bits per heavy atom. The number of rotatable bonds is 1. The van der Waals surface area contributed by atoms with Crippen LogP contribution in [-0.2, 0) is 9.63 Å². The van der Waals surface area contributed by atoms with Gasteiger partial charge in [0.25, 0.3) is 0 Å². The summed E-state index contributed by atoms with van der Waals surface area (Å²) in [5, 5.41) is 0.875. The number of halogens is 3. The van der Waals surface area contributed by atoms with Gasteiger partial charge in [0, 0.05) is 6.04 Å². The fourth-order valence-corrected chi connectivity index (χ4v) is 0.713. The second kappa shape index (κ2) is 2.91. The van der Waals surface area contributed by atoms with Gasteiger partial charge in [0.1, 0.15) is 0 Å². The van der Waals surface area contributed by atoms with E-state index >= 15 is 0 Å². The molecule has 0 bridgehead atoms. The molecule has 1 aliphatic rings. The molecule has 0 unspecified atom stereocenters. The van der Waals surface area contributed by atoms with Crippen LogP contribution < -0.4 is 5.73 Å². The molecule has 70 valence electrons. The van der Waals surface area contributed by atoms with Crippen molar-refractivity contribution in [3.05, 3.63) is 0 Å². The lowest BCUT2D eigenvalue weighted by Crippen LogP contribution is -2.56. The predicted molar refractivity (Wildman–Crippen MR) is 31.7 cm³/mol. The first kappa shape index (κ1) is 9.27. The molecule has 2 N–H and O–H groups in total. The van der Waals surface area contributed by atoms with Gasteiger partial charge in [-0.25, -0.2) is 4.79 Å². The van der Waals surface area contributed by atoms with Crippen molar-refractivity contribution in [2.45, 2.75) is 12.2 Å². The first-order valence-electron chi connectivity index (χ1n) is 3.19. The van der Waals surface area contributed by atoms with Gasteiger partial charge in [0.05, 0.1) is 13.1 Å². The Balaban J connectivity index is 2.28. The van der Waals surface area contributed by atoms with Gasteiger partial charge in [-0.05, 0) is 0 Å². The Hall–Kier alpha value is -0.820. The summed E-state index contributed by atoms with van der Waals surface area (Å²) >= 11 is 0. The Kier molecular flexibility index (Phi) is 2.25. The Bertz CT molecular complexity index is 188. The molecule has 1 fully saturated rings. The van der Waals surface area contributed by atoms with Crippen LogP contribution in [0.3, 0.4) is 0 Å². The SMILES string of the molecule is NC1CN(OC(=O)C(F)(F)F)C1. The molecule has 0 aromatic carbocycles. The number of alkyl halides is 3. The molecule has 1 rings (SSSR count). The average molecular weight is 184 g/mol. The quantitative estimate of drug-likeness (QED) is 0.605. The number of carbonyl (C=O) groups excluding carboxylic acids is 1. The average Bonchev–Trinajstić information content (AvgIpc) is 1.82. The van der Waals surface area contributed by atoms with Gasteiger partial charge in [-0.2, -0.15) is 13.2 Å². The summed E-state index contributed by atoms with van der Waals surface area (Å²) in [4.78, 5) is 14.1. The van der Waals surface area contributed by atoms with Crippen LogP contribution in [0.25, 0.3) is 0 Å². The van der Waals surface area contributed by atoms with Crippen molar-refractivity contribution in [3.8, 4) is 0 Å².